The summed E-state index contributed by atoms with van der Waals surface area (Å²) in [6.45, 7) is 5.72. The molecular weight excluding hydrogens is 146 g/mol. The first-order valence-electron chi connectivity index (χ1n) is 3.48. The van der Waals surface area contributed by atoms with E-state index in [4.69, 9.17) is 16.0 Å². The Labute approximate surface area is 63.9 Å². The van der Waals surface area contributed by atoms with Gasteiger partial charge in [0.05, 0.1) is 13.0 Å². The van der Waals surface area contributed by atoms with Gasteiger partial charge in [0.25, 0.3) is 18.6 Å². The second-order valence-electron chi connectivity index (χ2n) is 2.74. The number of ketones is 1. The van der Waals surface area contributed by atoms with Gasteiger partial charge in [-0.05, 0) is 0 Å². The van der Waals surface area contributed by atoms with Gasteiger partial charge in [0, 0.05) is 0 Å². The first kappa shape index (κ1) is 6.77. The van der Waals surface area contributed by atoms with Crippen molar-refractivity contribution >= 4 is 5.78 Å². The first-order chi connectivity index (χ1) is 5.29. The van der Waals surface area contributed by atoms with Crippen molar-refractivity contribution in [2.75, 3.05) is 13.2 Å². The second-order valence-corrected chi connectivity index (χ2v) is 2.74. The monoisotopic (exact) mass is 154 g/mol. The second kappa shape index (κ2) is 2.03. The maximum atomic E-state index is 11.2. The summed E-state index contributed by atoms with van der Waals surface area (Å²) in [4.78, 5) is 14.8. The summed E-state index contributed by atoms with van der Waals surface area (Å²) in [6.07, 6.45) is 0.0208. The van der Waals surface area contributed by atoms with Crippen LogP contribution in [0, 0.1) is 6.57 Å². The Morgan fingerprint density at radius 2 is 2.45 bits per heavy atom. The Hall–Kier alpha value is -0.920. The third-order valence-corrected chi connectivity index (χ3v) is 2.22. The predicted molar refractivity (Wildman–Crippen MR) is 36.4 cm³/mol. The van der Waals surface area contributed by atoms with Crippen LogP contribution in [0.2, 0.25) is 0 Å². The van der Waals surface area contributed by atoms with Gasteiger partial charge in [-0.1, -0.05) is 4.85 Å². The van der Waals surface area contributed by atoms with Crippen molar-refractivity contribution in [1.82, 2.24) is 0 Å². The molecule has 2 fully saturated rings. The van der Waals surface area contributed by atoms with E-state index in [1.807, 2.05) is 0 Å². The number of rotatable bonds is 0. The molecule has 2 rings (SSSR count). The highest BCUT2D eigenvalue weighted by atomic mass is 16.7. The first-order valence-corrected chi connectivity index (χ1v) is 3.48. The van der Waals surface area contributed by atoms with E-state index in [1.165, 1.54) is 0 Å². The maximum absolute atomic E-state index is 11.2. The molecule has 0 aromatic heterocycles. The van der Waals surface area contributed by atoms with E-state index in [9.17, 15) is 4.79 Å². The number of hydrogen-bond donors (Lipinski definition) is 0. The molecule has 2 heterocycles. The minimum Gasteiger partial charge on any atom is -0.345 e. The zero-order chi connectivity index (χ0) is 7.90. The fraction of sp³-hybridized carbons (Fsp3) is 0.714. The van der Waals surface area contributed by atoms with Crippen molar-refractivity contribution in [3.8, 4) is 6.57 Å². The number of ether oxygens (including phenoxy) is 2. The molecule has 2 saturated heterocycles. The summed E-state index contributed by atoms with van der Waals surface area (Å²) in [5.41, 5.74) is -0.875. The number of carbonyl (C=O) groups is 1. The van der Waals surface area contributed by atoms with Gasteiger partial charge in [0.1, 0.15) is 6.61 Å². The lowest BCUT2D eigenvalue weighted by Crippen LogP contribution is -2.36. The Bertz CT molecular complexity index is 245. The van der Waals surface area contributed by atoms with Crippen LogP contribution in [0.5, 0.6) is 0 Å². The standard InChI is InChI=1S/C7H8NO3/c1-8-7-2-3-10-6(7)11-4-5(7)9/h1,6H,2-4H2/q+1/t6-,7-/m1/s1. The van der Waals surface area contributed by atoms with Gasteiger partial charge in [-0.3, -0.25) is 4.79 Å². The molecule has 11 heavy (non-hydrogen) atoms. The highest BCUT2D eigenvalue weighted by Gasteiger charge is 2.65. The van der Waals surface area contributed by atoms with Crippen LogP contribution in [-0.4, -0.2) is 30.8 Å². The van der Waals surface area contributed by atoms with Gasteiger partial charge in [-0.15, -0.1) is 0 Å². The number of fused-ring (bicyclic) bond motifs is 1. The molecule has 0 spiro atoms. The lowest BCUT2D eigenvalue weighted by molar-refractivity contribution is -0.120. The summed E-state index contributed by atoms with van der Waals surface area (Å²) in [6, 6.07) is 0. The van der Waals surface area contributed by atoms with Gasteiger partial charge >= 0.3 is 5.54 Å². The van der Waals surface area contributed by atoms with Gasteiger partial charge in [0.2, 0.25) is 0 Å². The normalized spacial score (nSPS) is 42.1. The molecule has 4 heteroatoms. The van der Waals surface area contributed by atoms with Gasteiger partial charge in [0.15, 0.2) is 0 Å². The average Bonchev–Trinajstić information content (AvgIpc) is 2.53. The quantitative estimate of drug-likeness (QED) is 0.494. The molecule has 0 saturated carbocycles. The molecule has 0 radical (unpaired) electrons. The van der Waals surface area contributed by atoms with E-state index in [0.29, 0.717) is 13.0 Å². The van der Waals surface area contributed by atoms with Crippen LogP contribution in [0.3, 0.4) is 0 Å². The third-order valence-electron chi connectivity index (χ3n) is 2.22. The molecule has 4 nitrogen and oxygen atoms in total. The molecule has 0 N–H and O–H groups in total. The summed E-state index contributed by atoms with van der Waals surface area (Å²) >= 11 is 0. The van der Waals surface area contributed by atoms with Gasteiger partial charge in [-0.2, -0.15) is 0 Å². The fourth-order valence-electron chi connectivity index (χ4n) is 1.51. The number of hydrogen-bond acceptors (Lipinski definition) is 3. The van der Waals surface area contributed by atoms with Crippen molar-refractivity contribution in [2.45, 2.75) is 18.2 Å². The molecule has 0 aromatic carbocycles. The number of nitrogens with zero attached hydrogens (tertiary/aromatic N) is 1. The van der Waals surface area contributed by atoms with Crippen molar-refractivity contribution in [3.63, 3.8) is 0 Å². The van der Waals surface area contributed by atoms with E-state index >= 15 is 0 Å². The van der Waals surface area contributed by atoms with E-state index in [0.717, 1.165) is 0 Å². The summed E-state index contributed by atoms with van der Waals surface area (Å²) < 4.78 is 10.2. The van der Waals surface area contributed by atoms with Crippen molar-refractivity contribution in [3.05, 3.63) is 4.85 Å². The van der Waals surface area contributed by atoms with Crippen LogP contribution >= 0.6 is 0 Å². The lowest BCUT2D eigenvalue weighted by Gasteiger charge is -2.04. The van der Waals surface area contributed by atoms with Crippen LogP contribution in [0.1, 0.15) is 6.42 Å². The lowest BCUT2D eigenvalue weighted by atomic mass is 9.95. The summed E-state index contributed by atoms with van der Waals surface area (Å²) in [7, 11) is 0. The van der Waals surface area contributed by atoms with E-state index in [-0.39, 0.29) is 12.4 Å². The smallest absolute Gasteiger partial charge is 0.345 e. The Morgan fingerprint density at radius 1 is 1.64 bits per heavy atom. The minimum absolute atomic E-state index is 0.0671. The SMILES string of the molecule is C#[N+][C@@]12CCO[C@@H]1OCC2=O. The highest BCUT2D eigenvalue weighted by molar-refractivity contribution is 5.94. The topological polar surface area (TPSA) is 39.9 Å². The van der Waals surface area contributed by atoms with Crippen LogP contribution in [0.15, 0.2) is 0 Å². The van der Waals surface area contributed by atoms with E-state index in [1.54, 1.807) is 0 Å². The van der Waals surface area contributed by atoms with Crippen LogP contribution in [0.4, 0.5) is 0 Å². The molecule has 0 unspecified atom stereocenters. The molecule has 58 valence electrons. The highest BCUT2D eigenvalue weighted by Crippen LogP contribution is 2.36. The Balaban J connectivity index is 2.38. The molecule has 0 aromatic rings. The van der Waals surface area contributed by atoms with Crippen LogP contribution in [0.25, 0.3) is 4.85 Å². The average molecular weight is 154 g/mol. The van der Waals surface area contributed by atoms with Crippen LogP contribution in [-0.2, 0) is 14.3 Å². The van der Waals surface area contributed by atoms with Crippen molar-refractivity contribution in [2.24, 2.45) is 0 Å². The molecule has 0 amide bonds. The molecule has 2 aliphatic rings. The fourth-order valence-corrected chi connectivity index (χ4v) is 1.51. The van der Waals surface area contributed by atoms with Crippen LogP contribution < -0.4 is 0 Å². The molecule has 2 aliphatic heterocycles. The minimum atomic E-state index is -0.875. The largest absolute Gasteiger partial charge is 0.391 e. The predicted octanol–water partition coefficient (Wildman–Crippen LogP) is 0.0336. The molecule has 0 aliphatic carbocycles. The van der Waals surface area contributed by atoms with E-state index in [2.05, 4.69) is 4.85 Å². The Kier molecular flexibility index (Phi) is 1.25. The van der Waals surface area contributed by atoms with Crippen molar-refractivity contribution in [1.29, 1.82) is 0 Å². The molecule has 0 bridgehead atoms. The zero-order valence-electron chi connectivity index (χ0n) is 5.95. The van der Waals surface area contributed by atoms with Gasteiger partial charge < -0.3 is 9.47 Å². The molecule has 2 atom stereocenters. The Morgan fingerprint density at radius 3 is 3.09 bits per heavy atom. The van der Waals surface area contributed by atoms with E-state index < -0.39 is 11.8 Å². The summed E-state index contributed by atoms with van der Waals surface area (Å²) in [5.74, 6) is -0.0671. The summed E-state index contributed by atoms with van der Waals surface area (Å²) in [5, 5.41) is 0. The number of Topliss-reactive ketones (excluding diaryl/α,β-unsaturated/α-hetero) is 1. The van der Waals surface area contributed by atoms with Gasteiger partial charge in [-0.25, -0.2) is 0 Å². The zero-order valence-corrected chi connectivity index (χ0v) is 5.95. The maximum Gasteiger partial charge on any atom is 0.391 e. The number of carbonyl (C=O) groups excluding carboxylic acids is 1. The molecular formula is C7H8NO3+. The third kappa shape index (κ3) is 0.669. The van der Waals surface area contributed by atoms with Crippen molar-refractivity contribution < 1.29 is 14.3 Å².